The molecule has 0 saturated heterocycles. The van der Waals surface area contributed by atoms with Gasteiger partial charge in [-0.15, -0.1) is 0 Å². The van der Waals surface area contributed by atoms with Crippen molar-refractivity contribution >= 4 is 11.9 Å². The molecule has 0 heterocycles. The molecule has 6 nitrogen and oxygen atoms in total. The normalized spacial score (nSPS) is 11.2. The Bertz CT molecular complexity index is 176. The number of rotatable bonds is 5. The summed E-state index contributed by atoms with van der Waals surface area (Å²) in [5.41, 5.74) is 10.2. The average molecular weight is 225 g/mol. The van der Waals surface area contributed by atoms with Crippen LogP contribution in [0, 0.1) is 5.41 Å². The van der Waals surface area contributed by atoms with Gasteiger partial charge in [0.1, 0.15) is 6.04 Å². The number of hydrogen-bond acceptors (Lipinski definition) is 3. The van der Waals surface area contributed by atoms with E-state index in [1.165, 1.54) is 0 Å². The van der Waals surface area contributed by atoms with Gasteiger partial charge >= 0.3 is 5.97 Å². The summed E-state index contributed by atoms with van der Waals surface area (Å²) in [5, 5.41) is 17.7. The van der Waals surface area contributed by atoms with Crippen molar-refractivity contribution in [2.24, 2.45) is 11.5 Å². The van der Waals surface area contributed by atoms with E-state index in [2.05, 4.69) is 5.32 Å². The third kappa shape index (κ3) is 9.20. The number of nitrogens with two attached hydrogens (primary N) is 2. The van der Waals surface area contributed by atoms with Crippen molar-refractivity contribution in [3.63, 3.8) is 0 Å². The fraction of sp³-hybridized carbons (Fsp3) is 0.667. The molecule has 75 valence electrons. The molecule has 7 N–H and O–H groups in total. The first-order valence-electron chi connectivity index (χ1n) is 3.60. The van der Waals surface area contributed by atoms with Gasteiger partial charge in [-0.2, -0.15) is 0 Å². The molecule has 0 bridgehead atoms. The van der Waals surface area contributed by atoms with Crippen molar-refractivity contribution in [1.82, 2.24) is 5.32 Å². The van der Waals surface area contributed by atoms with Crippen LogP contribution in [0.4, 0.5) is 0 Å². The molecule has 0 rings (SSSR count). The first-order valence-corrected chi connectivity index (χ1v) is 3.60. The van der Waals surface area contributed by atoms with Gasteiger partial charge in [-0.05, 0) is 12.8 Å². The number of carbonyl (C=O) groups is 1. The average Bonchev–Trinajstić information content (AvgIpc) is 1.97. The Morgan fingerprint density at radius 3 is 2.54 bits per heavy atom. The van der Waals surface area contributed by atoms with Crippen LogP contribution in [-0.2, 0) is 23.4 Å². The Hall–Kier alpha value is -0.716. The predicted molar refractivity (Wildman–Crippen MR) is 44.8 cm³/mol. The molecule has 0 aromatic rings. The molecule has 0 saturated carbocycles. The second-order valence-corrected chi connectivity index (χ2v) is 2.43. The van der Waals surface area contributed by atoms with Crippen LogP contribution in [-0.4, -0.2) is 29.6 Å². The molecule has 0 unspecified atom stereocenters. The zero-order valence-electron chi connectivity index (χ0n) is 7.16. The SMILES string of the molecule is N=C(N)NCCC[C@H](N)C(=O)O.[V]. The summed E-state index contributed by atoms with van der Waals surface area (Å²) >= 11 is 0. The van der Waals surface area contributed by atoms with E-state index < -0.39 is 12.0 Å². The fourth-order valence-electron chi connectivity index (χ4n) is 0.669. The van der Waals surface area contributed by atoms with Gasteiger partial charge in [0.15, 0.2) is 5.96 Å². The van der Waals surface area contributed by atoms with Crippen molar-refractivity contribution in [3.8, 4) is 0 Å². The van der Waals surface area contributed by atoms with Crippen LogP contribution in [0.2, 0.25) is 0 Å². The van der Waals surface area contributed by atoms with E-state index >= 15 is 0 Å². The van der Waals surface area contributed by atoms with E-state index in [4.69, 9.17) is 22.0 Å². The van der Waals surface area contributed by atoms with E-state index in [0.29, 0.717) is 19.4 Å². The first kappa shape index (κ1) is 14.8. The van der Waals surface area contributed by atoms with Crippen LogP contribution < -0.4 is 16.8 Å². The molecular weight excluding hydrogens is 211 g/mol. The smallest absolute Gasteiger partial charge is 0.320 e. The van der Waals surface area contributed by atoms with Crippen LogP contribution in [0.25, 0.3) is 0 Å². The van der Waals surface area contributed by atoms with Crippen LogP contribution in [0.3, 0.4) is 0 Å². The third-order valence-corrected chi connectivity index (χ3v) is 1.32. The maximum atomic E-state index is 10.2. The summed E-state index contributed by atoms with van der Waals surface area (Å²) in [5.74, 6) is -1.11. The molecule has 0 aromatic carbocycles. The Balaban J connectivity index is 0. The Morgan fingerprint density at radius 2 is 2.15 bits per heavy atom. The minimum absolute atomic E-state index is 0. The standard InChI is InChI=1S/C6H14N4O2.V/c7-4(5(11)12)2-1-3-10-6(8)9;/h4H,1-3,7H2,(H,11,12)(H4,8,9,10);/t4-;/m0./s1. The molecule has 0 spiro atoms. The van der Waals surface area contributed by atoms with Gasteiger partial charge in [0.25, 0.3) is 0 Å². The van der Waals surface area contributed by atoms with E-state index in [1.54, 1.807) is 0 Å². The Kier molecular flexibility index (Phi) is 9.00. The summed E-state index contributed by atoms with van der Waals surface area (Å²) in [6.07, 6.45) is 0.975. The Labute approximate surface area is 88.4 Å². The number of nitrogens with one attached hydrogen (secondary N) is 2. The molecular formula is C6H14N4O2V. The topological polar surface area (TPSA) is 125 Å². The van der Waals surface area contributed by atoms with E-state index in [1.807, 2.05) is 0 Å². The summed E-state index contributed by atoms with van der Waals surface area (Å²) < 4.78 is 0. The molecule has 0 aromatic heterocycles. The largest absolute Gasteiger partial charge is 0.480 e. The van der Waals surface area contributed by atoms with Crippen LogP contribution >= 0.6 is 0 Å². The molecule has 7 heteroatoms. The number of guanidine groups is 1. The van der Waals surface area contributed by atoms with Crippen molar-refractivity contribution in [2.75, 3.05) is 6.54 Å². The third-order valence-electron chi connectivity index (χ3n) is 1.32. The quantitative estimate of drug-likeness (QED) is 0.225. The summed E-state index contributed by atoms with van der Waals surface area (Å²) in [6.45, 7) is 0.482. The molecule has 1 radical (unpaired) electrons. The van der Waals surface area contributed by atoms with Crippen molar-refractivity contribution < 1.29 is 28.5 Å². The minimum Gasteiger partial charge on any atom is -0.480 e. The fourth-order valence-corrected chi connectivity index (χ4v) is 0.669. The van der Waals surface area contributed by atoms with Gasteiger partial charge < -0.3 is 21.9 Å². The van der Waals surface area contributed by atoms with Crippen molar-refractivity contribution in [3.05, 3.63) is 0 Å². The monoisotopic (exact) mass is 225 g/mol. The molecule has 0 fully saturated rings. The summed E-state index contributed by atoms with van der Waals surface area (Å²) in [7, 11) is 0. The maximum absolute atomic E-state index is 10.2. The summed E-state index contributed by atoms with van der Waals surface area (Å²) in [4.78, 5) is 10.2. The predicted octanol–water partition coefficient (Wildman–Crippen LogP) is -1.34. The van der Waals surface area contributed by atoms with E-state index in [0.717, 1.165) is 0 Å². The van der Waals surface area contributed by atoms with Crippen LogP contribution in [0.15, 0.2) is 0 Å². The molecule has 0 aliphatic carbocycles. The molecule has 0 aliphatic rings. The van der Waals surface area contributed by atoms with Gasteiger partial charge in [0, 0.05) is 25.1 Å². The van der Waals surface area contributed by atoms with Crippen LogP contribution in [0.1, 0.15) is 12.8 Å². The Morgan fingerprint density at radius 1 is 1.62 bits per heavy atom. The van der Waals surface area contributed by atoms with Crippen LogP contribution in [0.5, 0.6) is 0 Å². The van der Waals surface area contributed by atoms with Gasteiger partial charge in [-0.25, -0.2) is 0 Å². The zero-order valence-corrected chi connectivity index (χ0v) is 8.55. The molecule has 0 aliphatic heterocycles. The van der Waals surface area contributed by atoms with Gasteiger partial charge in [0.2, 0.25) is 0 Å². The second kappa shape index (κ2) is 7.91. The van der Waals surface area contributed by atoms with Crippen molar-refractivity contribution in [1.29, 1.82) is 5.41 Å². The van der Waals surface area contributed by atoms with Gasteiger partial charge in [-0.3, -0.25) is 10.2 Å². The number of carboxylic acid groups (broad SMARTS) is 1. The van der Waals surface area contributed by atoms with E-state index in [9.17, 15) is 4.79 Å². The molecule has 0 amide bonds. The van der Waals surface area contributed by atoms with Crippen molar-refractivity contribution in [2.45, 2.75) is 18.9 Å². The van der Waals surface area contributed by atoms with E-state index in [-0.39, 0.29) is 24.5 Å². The summed E-state index contributed by atoms with van der Waals surface area (Å²) in [6, 6.07) is -0.821. The zero-order chi connectivity index (χ0) is 9.56. The molecule has 13 heavy (non-hydrogen) atoms. The number of hydrogen-bond donors (Lipinski definition) is 5. The first-order chi connectivity index (χ1) is 5.54. The maximum Gasteiger partial charge on any atom is 0.320 e. The number of carboxylic acids is 1. The van der Waals surface area contributed by atoms with Gasteiger partial charge in [-0.1, -0.05) is 0 Å². The second-order valence-electron chi connectivity index (χ2n) is 2.43. The molecule has 1 atom stereocenters. The minimum atomic E-state index is -1.00. The van der Waals surface area contributed by atoms with Gasteiger partial charge in [0.05, 0.1) is 0 Å². The number of aliphatic carboxylic acids is 1.